The van der Waals surface area contributed by atoms with Crippen molar-refractivity contribution in [2.45, 2.75) is 32.5 Å². The number of nitrogens with one attached hydrogen (secondary N) is 1. The predicted molar refractivity (Wildman–Crippen MR) is 63.7 cm³/mol. The van der Waals surface area contributed by atoms with Crippen LogP contribution in [-0.2, 0) is 4.79 Å². The first-order valence-electron chi connectivity index (χ1n) is 5.95. The molecule has 0 aliphatic carbocycles. The molecule has 1 saturated heterocycles. The second kappa shape index (κ2) is 4.84. The van der Waals surface area contributed by atoms with Crippen molar-refractivity contribution in [2.75, 3.05) is 6.54 Å². The number of benzene rings is 1. The van der Waals surface area contributed by atoms with E-state index in [9.17, 15) is 9.18 Å². The van der Waals surface area contributed by atoms with Gasteiger partial charge in [-0.25, -0.2) is 4.39 Å². The third-order valence-electron chi connectivity index (χ3n) is 3.02. The summed E-state index contributed by atoms with van der Waals surface area (Å²) in [5.41, 5.74) is 0.928. The highest BCUT2D eigenvalue weighted by atomic mass is 19.1. The van der Waals surface area contributed by atoms with Crippen molar-refractivity contribution >= 4 is 5.91 Å². The third-order valence-corrected chi connectivity index (χ3v) is 3.02. The van der Waals surface area contributed by atoms with E-state index in [-0.39, 0.29) is 23.9 Å². The molecule has 1 aliphatic heterocycles. The second-order valence-corrected chi connectivity index (χ2v) is 4.37. The highest BCUT2D eigenvalue weighted by molar-refractivity contribution is 5.84. The lowest BCUT2D eigenvalue weighted by atomic mass is 10.1. The summed E-state index contributed by atoms with van der Waals surface area (Å²) in [6.45, 7) is 4.62. The van der Waals surface area contributed by atoms with Crippen LogP contribution < -0.4 is 5.32 Å². The smallest absolute Gasteiger partial charge is 0.241 e. The molecular weight excluding hydrogens is 219 g/mol. The summed E-state index contributed by atoms with van der Waals surface area (Å²) in [4.78, 5) is 13.8. The molecule has 0 radical (unpaired) electrons. The van der Waals surface area contributed by atoms with Crippen LogP contribution in [0.15, 0.2) is 24.3 Å². The lowest BCUT2D eigenvalue weighted by molar-refractivity contribution is -0.129. The Morgan fingerprint density at radius 2 is 2.00 bits per heavy atom. The first-order chi connectivity index (χ1) is 8.13. The van der Waals surface area contributed by atoms with Crippen molar-refractivity contribution in [3.8, 4) is 0 Å². The van der Waals surface area contributed by atoms with Crippen molar-refractivity contribution in [3.63, 3.8) is 0 Å². The van der Waals surface area contributed by atoms with Crippen LogP contribution in [0.4, 0.5) is 4.39 Å². The SMILES string of the molecule is CCCN1C(=O)C(C)NC1c1ccc(F)cc1. The summed E-state index contributed by atoms with van der Waals surface area (Å²) in [5, 5.41) is 3.23. The van der Waals surface area contributed by atoms with Crippen molar-refractivity contribution in [1.29, 1.82) is 0 Å². The molecule has 92 valence electrons. The van der Waals surface area contributed by atoms with Gasteiger partial charge in [0.1, 0.15) is 12.0 Å². The van der Waals surface area contributed by atoms with Crippen LogP contribution >= 0.6 is 0 Å². The van der Waals surface area contributed by atoms with Gasteiger partial charge < -0.3 is 4.90 Å². The number of nitrogens with zero attached hydrogens (tertiary/aromatic N) is 1. The largest absolute Gasteiger partial charge is 0.322 e. The lowest BCUT2D eigenvalue weighted by Gasteiger charge is -2.24. The molecule has 1 amide bonds. The molecule has 2 unspecified atom stereocenters. The second-order valence-electron chi connectivity index (χ2n) is 4.37. The number of rotatable bonds is 3. The first-order valence-corrected chi connectivity index (χ1v) is 5.95. The van der Waals surface area contributed by atoms with Gasteiger partial charge in [-0.2, -0.15) is 0 Å². The van der Waals surface area contributed by atoms with E-state index >= 15 is 0 Å². The highest BCUT2D eigenvalue weighted by Crippen LogP contribution is 2.25. The van der Waals surface area contributed by atoms with Gasteiger partial charge in [0.05, 0.1) is 6.04 Å². The fraction of sp³-hybridized carbons (Fsp3) is 0.462. The molecule has 1 heterocycles. The van der Waals surface area contributed by atoms with Gasteiger partial charge in [0, 0.05) is 6.54 Å². The molecule has 4 heteroatoms. The number of hydrogen-bond acceptors (Lipinski definition) is 2. The molecule has 1 aromatic carbocycles. The molecule has 1 aliphatic rings. The Morgan fingerprint density at radius 1 is 1.35 bits per heavy atom. The van der Waals surface area contributed by atoms with Gasteiger partial charge in [-0.3, -0.25) is 10.1 Å². The van der Waals surface area contributed by atoms with E-state index in [0.29, 0.717) is 0 Å². The molecule has 0 bridgehead atoms. The molecule has 1 fully saturated rings. The van der Waals surface area contributed by atoms with Crippen LogP contribution in [0.2, 0.25) is 0 Å². The minimum Gasteiger partial charge on any atom is -0.322 e. The van der Waals surface area contributed by atoms with Gasteiger partial charge in [-0.05, 0) is 31.0 Å². The molecule has 17 heavy (non-hydrogen) atoms. The minimum atomic E-state index is -0.256. The van der Waals surface area contributed by atoms with Crippen LogP contribution in [0.3, 0.4) is 0 Å². The summed E-state index contributed by atoms with van der Waals surface area (Å²) in [6.07, 6.45) is 0.788. The Balaban J connectivity index is 2.24. The van der Waals surface area contributed by atoms with Crippen LogP contribution in [0.25, 0.3) is 0 Å². The minimum absolute atomic E-state index is 0.112. The van der Waals surface area contributed by atoms with E-state index in [2.05, 4.69) is 5.32 Å². The maximum atomic E-state index is 12.9. The summed E-state index contributed by atoms with van der Waals surface area (Å²) < 4.78 is 12.9. The van der Waals surface area contributed by atoms with Gasteiger partial charge in [0.15, 0.2) is 0 Å². The lowest BCUT2D eigenvalue weighted by Crippen LogP contribution is -2.31. The van der Waals surface area contributed by atoms with E-state index in [1.165, 1.54) is 12.1 Å². The normalized spacial score (nSPS) is 24.4. The van der Waals surface area contributed by atoms with Crippen molar-refractivity contribution in [3.05, 3.63) is 35.6 Å². The summed E-state index contributed by atoms with van der Waals surface area (Å²) in [5.74, 6) is -0.144. The van der Waals surface area contributed by atoms with Gasteiger partial charge >= 0.3 is 0 Å². The monoisotopic (exact) mass is 236 g/mol. The highest BCUT2D eigenvalue weighted by Gasteiger charge is 2.36. The Bertz CT molecular complexity index is 404. The molecular formula is C13H17FN2O. The molecule has 0 spiro atoms. The Kier molecular flexibility index (Phi) is 3.43. The summed E-state index contributed by atoms with van der Waals surface area (Å²) in [6, 6.07) is 6.13. The molecule has 3 nitrogen and oxygen atoms in total. The number of carbonyl (C=O) groups excluding carboxylic acids is 1. The molecule has 1 aromatic rings. The van der Waals surface area contributed by atoms with Crippen molar-refractivity contribution in [1.82, 2.24) is 10.2 Å². The maximum absolute atomic E-state index is 12.9. The van der Waals surface area contributed by atoms with Gasteiger partial charge in [0.2, 0.25) is 5.91 Å². The van der Waals surface area contributed by atoms with Crippen LogP contribution in [0.5, 0.6) is 0 Å². The number of amides is 1. The fourth-order valence-corrected chi connectivity index (χ4v) is 2.18. The van der Waals surface area contributed by atoms with Gasteiger partial charge in [0.25, 0.3) is 0 Å². The van der Waals surface area contributed by atoms with E-state index in [1.54, 1.807) is 12.1 Å². The Labute approximate surface area is 101 Å². The van der Waals surface area contributed by atoms with Crippen molar-refractivity contribution < 1.29 is 9.18 Å². The fourth-order valence-electron chi connectivity index (χ4n) is 2.18. The third kappa shape index (κ3) is 2.31. The summed E-state index contributed by atoms with van der Waals surface area (Å²) in [7, 11) is 0. The van der Waals surface area contributed by atoms with Gasteiger partial charge in [-0.15, -0.1) is 0 Å². The quantitative estimate of drug-likeness (QED) is 0.871. The Morgan fingerprint density at radius 3 is 2.59 bits per heavy atom. The average Bonchev–Trinajstić information content (AvgIpc) is 2.59. The zero-order valence-electron chi connectivity index (χ0n) is 10.1. The Hall–Kier alpha value is -1.42. The van der Waals surface area contributed by atoms with E-state index in [0.717, 1.165) is 18.5 Å². The molecule has 0 aromatic heterocycles. The molecule has 0 saturated carbocycles. The number of halogens is 1. The van der Waals surface area contributed by atoms with Crippen molar-refractivity contribution in [2.24, 2.45) is 0 Å². The predicted octanol–water partition coefficient (Wildman–Crippen LogP) is 2.05. The van der Waals surface area contributed by atoms with Crippen LogP contribution in [-0.4, -0.2) is 23.4 Å². The standard InChI is InChI=1S/C13H17FN2O/c1-3-8-16-12(15-9(2)13(16)17)10-4-6-11(14)7-5-10/h4-7,9,12,15H,3,8H2,1-2H3. The van der Waals surface area contributed by atoms with E-state index < -0.39 is 0 Å². The maximum Gasteiger partial charge on any atom is 0.241 e. The van der Waals surface area contributed by atoms with Gasteiger partial charge in [-0.1, -0.05) is 19.1 Å². The zero-order chi connectivity index (χ0) is 12.4. The zero-order valence-corrected chi connectivity index (χ0v) is 10.1. The van der Waals surface area contributed by atoms with E-state index in [1.807, 2.05) is 18.7 Å². The molecule has 2 rings (SSSR count). The number of hydrogen-bond donors (Lipinski definition) is 1. The molecule has 1 N–H and O–H groups in total. The number of carbonyl (C=O) groups is 1. The molecule has 2 atom stereocenters. The topological polar surface area (TPSA) is 32.3 Å². The summed E-state index contributed by atoms with van der Waals surface area (Å²) >= 11 is 0. The first kappa shape index (κ1) is 12.0. The average molecular weight is 236 g/mol. The van der Waals surface area contributed by atoms with Crippen LogP contribution in [0, 0.1) is 5.82 Å². The van der Waals surface area contributed by atoms with E-state index in [4.69, 9.17) is 0 Å². The van der Waals surface area contributed by atoms with Crippen LogP contribution in [0.1, 0.15) is 32.0 Å².